The van der Waals surface area contributed by atoms with Crippen molar-refractivity contribution in [3.8, 4) is 0 Å². The summed E-state index contributed by atoms with van der Waals surface area (Å²) >= 11 is 0.922. The second-order valence-corrected chi connectivity index (χ2v) is 5.40. The highest BCUT2D eigenvalue weighted by molar-refractivity contribution is 7.13. The number of anilines is 1. The number of rotatable bonds is 3. The minimum atomic E-state index is -4.41. The van der Waals surface area contributed by atoms with Crippen molar-refractivity contribution in [2.45, 2.75) is 19.6 Å². The van der Waals surface area contributed by atoms with Gasteiger partial charge in [0.2, 0.25) is 0 Å². The molecule has 3 aromatic rings. The summed E-state index contributed by atoms with van der Waals surface area (Å²) in [6.45, 7) is 2.25. The monoisotopic (exact) mass is 312 g/mol. The molecule has 2 heterocycles. The van der Waals surface area contributed by atoms with Crippen molar-refractivity contribution in [3.05, 3.63) is 40.7 Å². The average Bonchev–Trinajstić information content (AvgIpc) is 3.02. The molecular formula is C13H11F3N4S. The van der Waals surface area contributed by atoms with Crippen LogP contribution in [-0.2, 0) is 12.7 Å². The number of para-hydroxylation sites is 1. The number of hydrogen-bond acceptors (Lipinski definition) is 4. The minimum absolute atomic E-state index is 0.222. The van der Waals surface area contributed by atoms with E-state index in [9.17, 15) is 13.2 Å². The lowest BCUT2D eigenvalue weighted by Gasteiger charge is -2.01. The fourth-order valence-electron chi connectivity index (χ4n) is 1.95. The van der Waals surface area contributed by atoms with Crippen LogP contribution in [0.25, 0.3) is 11.0 Å². The minimum Gasteiger partial charge on any atom is -0.354 e. The molecule has 0 amide bonds. The van der Waals surface area contributed by atoms with Crippen LogP contribution in [0.3, 0.4) is 0 Å². The Morgan fingerprint density at radius 3 is 2.76 bits per heavy atom. The first kappa shape index (κ1) is 13.9. The Balaban J connectivity index is 1.74. The van der Waals surface area contributed by atoms with Crippen molar-refractivity contribution < 1.29 is 13.2 Å². The Labute approximate surface area is 122 Å². The number of fused-ring (bicyclic) bond motifs is 1. The molecule has 2 N–H and O–H groups in total. The summed E-state index contributed by atoms with van der Waals surface area (Å²) in [6, 6.07) is 5.78. The maximum Gasteiger partial charge on any atom is 0.434 e. The molecule has 0 spiro atoms. The molecule has 0 saturated heterocycles. The van der Waals surface area contributed by atoms with E-state index in [0.717, 1.165) is 33.3 Å². The van der Waals surface area contributed by atoms with Gasteiger partial charge in [0.25, 0.3) is 0 Å². The summed E-state index contributed by atoms with van der Waals surface area (Å²) in [7, 11) is 0. The zero-order valence-electron chi connectivity index (χ0n) is 11.0. The number of aryl methyl sites for hydroxylation is 1. The molecule has 4 nitrogen and oxygen atoms in total. The lowest BCUT2D eigenvalue weighted by atomic mass is 10.2. The van der Waals surface area contributed by atoms with Crippen LogP contribution in [0.2, 0.25) is 0 Å². The molecule has 0 aliphatic heterocycles. The molecule has 0 radical (unpaired) electrons. The molecule has 110 valence electrons. The zero-order valence-corrected chi connectivity index (χ0v) is 11.8. The highest BCUT2D eigenvalue weighted by Gasteiger charge is 2.33. The standard InChI is InChI=1S/C13H11F3N4S/c1-7-3-2-4-8-11(7)20-10(18-8)5-17-12-19-9(6-21-12)13(14,15)16/h2-4,6H,5H2,1H3,(H,17,19)(H,18,20). The Hall–Kier alpha value is -2.09. The summed E-state index contributed by atoms with van der Waals surface area (Å²) in [4.78, 5) is 11.1. The van der Waals surface area contributed by atoms with E-state index in [4.69, 9.17) is 0 Å². The number of imidazole rings is 1. The number of hydrogen-bond donors (Lipinski definition) is 2. The van der Waals surface area contributed by atoms with Crippen molar-refractivity contribution >= 4 is 27.5 Å². The fraction of sp³-hybridized carbons (Fsp3) is 0.231. The van der Waals surface area contributed by atoms with Crippen molar-refractivity contribution in [3.63, 3.8) is 0 Å². The van der Waals surface area contributed by atoms with E-state index in [0.29, 0.717) is 12.4 Å². The van der Waals surface area contributed by atoms with Crippen LogP contribution in [0.4, 0.5) is 18.3 Å². The first-order valence-electron chi connectivity index (χ1n) is 6.14. The van der Waals surface area contributed by atoms with Gasteiger partial charge in [-0.15, -0.1) is 11.3 Å². The molecule has 3 rings (SSSR count). The van der Waals surface area contributed by atoms with Crippen LogP contribution in [0.15, 0.2) is 23.6 Å². The van der Waals surface area contributed by atoms with Gasteiger partial charge in [-0.1, -0.05) is 12.1 Å². The first-order valence-corrected chi connectivity index (χ1v) is 7.02. The maximum atomic E-state index is 12.4. The van der Waals surface area contributed by atoms with Crippen LogP contribution in [0.1, 0.15) is 17.1 Å². The third-order valence-corrected chi connectivity index (χ3v) is 3.77. The Bertz CT molecular complexity index is 775. The molecule has 0 aliphatic carbocycles. The lowest BCUT2D eigenvalue weighted by Crippen LogP contribution is -2.06. The molecule has 1 aromatic carbocycles. The van der Waals surface area contributed by atoms with E-state index in [1.807, 2.05) is 25.1 Å². The summed E-state index contributed by atoms with van der Waals surface area (Å²) in [5, 5.41) is 4.06. The third kappa shape index (κ3) is 2.85. The van der Waals surface area contributed by atoms with E-state index in [1.165, 1.54) is 0 Å². The largest absolute Gasteiger partial charge is 0.434 e. The number of benzene rings is 1. The lowest BCUT2D eigenvalue weighted by molar-refractivity contribution is -0.140. The summed E-state index contributed by atoms with van der Waals surface area (Å²) < 4.78 is 37.3. The smallest absolute Gasteiger partial charge is 0.354 e. The average molecular weight is 312 g/mol. The highest BCUT2D eigenvalue weighted by atomic mass is 32.1. The summed E-state index contributed by atoms with van der Waals surface area (Å²) in [5.74, 6) is 0.656. The summed E-state index contributed by atoms with van der Waals surface area (Å²) in [5.41, 5.74) is 1.94. The van der Waals surface area contributed by atoms with E-state index in [-0.39, 0.29) is 5.13 Å². The third-order valence-electron chi connectivity index (χ3n) is 2.97. The van der Waals surface area contributed by atoms with Crippen molar-refractivity contribution in [2.75, 3.05) is 5.32 Å². The molecular weight excluding hydrogens is 301 g/mol. The van der Waals surface area contributed by atoms with E-state index < -0.39 is 11.9 Å². The topological polar surface area (TPSA) is 53.6 Å². The van der Waals surface area contributed by atoms with Crippen LogP contribution < -0.4 is 5.32 Å². The number of halogens is 3. The van der Waals surface area contributed by atoms with Gasteiger partial charge in [0, 0.05) is 5.38 Å². The van der Waals surface area contributed by atoms with E-state index >= 15 is 0 Å². The van der Waals surface area contributed by atoms with Gasteiger partial charge in [0.05, 0.1) is 17.6 Å². The number of nitrogens with zero attached hydrogens (tertiary/aromatic N) is 2. The Morgan fingerprint density at radius 1 is 1.29 bits per heavy atom. The van der Waals surface area contributed by atoms with Crippen molar-refractivity contribution in [2.24, 2.45) is 0 Å². The molecule has 0 aliphatic rings. The van der Waals surface area contributed by atoms with Gasteiger partial charge in [-0.25, -0.2) is 9.97 Å². The van der Waals surface area contributed by atoms with Crippen molar-refractivity contribution in [1.29, 1.82) is 0 Å². The van der Waals surface area contributed by atoms with Crippen molar-refractivity contribution in [1.82, 2.24) is 15.0 Å². The SMILES string of the molecule is Cc1cccc2[nH]c(CNc3nc(C(F)(F)F)cs3)nc12. The number of aromatic nitrogens is 3. The van der Waals surface area contributed by atoms with Gasteiger partial charge in [0.15, 0.2) is 10.8 Å². The number of aromatic amines is 1. The van der Waals surface area contributed by atoms with Gasteiger partial charge in [0.1, 0.15) is 5.82 Å². The quantitative estimate of drug-likeness (QED) is 0.769. The van der Waals surface area contributed by atoms with Gasteiger partial charge in [-0.05, 0) is 18.6 Å². The Morgan fingerprint density at radius 2 is 2.10 bits per heavy atom. The van der Waals surface area contributed by atoms with Crippen LogP contribution >= 0.6 is 11.3 Å². The van der Waals surface area contributed by atoms with Crippen LogP contribution in [0.5, 0.6) is 0 Å². The number of thiazole rings is 1. The number of alkyl halides is 3. The fourth-order valence-corrected chi connectivity index (χ4v) is 2.67. The second-order valence-electron chi connectivity index (χ2n) is 4.54. The van der Waals surface area contributed by atoms with E-state index in [1.54, 1.807) is 0 Å². The first-order chi connectivity index (χ1) is 9.93. The summed E-state index contributed by atoms with van der Waals surface area (Å²) in [6.07, 6.45) is -4.41. The molecule has 0 saturated carbocycles. The van der Waals surface area contributed by atoms with Gasteiger partial charge in [-0.2, -0.15) is 13.2 Å². The van der Waals surface area contributed by atoms with Crippen LogP contribution in [0, 0.1) is 6.92 Å². The predicted octanol–water partition coefficient (Wildman–Crippen LogP) is 3.96. The van der Waals surface area contributed by atoms with Gasteiger partial charge < -0.3 is 10.3 Å². The molecule has 2 aromatic heterocycles. The number of nitrogens with one attached hydrogen (secondary N) is 2. The normalized spacial score (nSPS) is 12.0. The molecule has 21 heavy (non-hydrogen) atoms. The van der Waals surface area contributed by atoms with Gasteiger partial charge >= 0.3 is 6.18 Å². The van der Waals surface area contributed by atoms with Gasteiger partial charge in [-0.3, -0.25) is 0 Å². The zero-order chi connectivity index (χ0) is 15.0. The molecule has 0 bridgehead atoms. The molecule has 0 unspecified atom stereocenters. The highest BCUT2D eigenvalue weighted by Crippen LogP contribution is 2.31. The molecule has 0 atom stereocenters. The molecule has 0 fully saturated rings. The second kappa shape index (κ2) is 5.03. The predicted molar refractivity (Wildman–Crippen MR) is 75.3 cm³/mol. The molecule has 8 heteroatoms. The Kier molecular flexibility index (Phi) is 3.32. The van der Waals surface area contributed by atoms with Crippen LogP contribution in [-0.4, -0.2) is 15.0 Å². The maximum absolute atomic E-state index is 12.4. The van der Waals surface area contributed by atoms with E-state index in [2.05, 4.69) is 20.3 Å². The number of H-pyrrole nitrogens is 1.